The van der Waals surface area contributed by atoms with Gasteiger partial charge in [0.15, 0.2) is 0 Å². The van der Waals surface area contributed by atoms with Crippen molar-refractivity contribution in [3.8, 4) is 0 Å². The number of esters is 2. The molecule has 1 aliphatic rings. The van der Waals surface area contributed by atoms with E-state index >= 15 is 0 Å². The molecule has 8 heteroatoms. The van der Waals surface area contributed by atoms with Crippen LogP contribution in [-0.2, 0) is 19.1 Å². The van der Waals surface area contributed by atoms with Gasteiger partial charge in [0.25, 0.3) is 0 Å². The zero-order chi connectivity index (χ0) is 29.9. The van der Waals surface area contributed by atoms with Crippen LogP contribution in [0, 0.1) is 23.7 Å². The number of hydrogen-bond donors (Lipinski definition) is 4. The zero-order valence-electron chi connectivity index (χ0n) is 25.0. The van der Waals surface area contributed by atoms with Crippen LogP contribution in [0.2, 0.25) is 0 Å². The second kappa shape index (κ2) is 16.3. The van der Waals surface area contributed by atoms with E-state index < -0.39 is 48.1 Å². The van der Waals surface area contributed by atoms with Gasteiger partial charge in [0, 0.05) is 12.8 Å². The van der Waals surface area contributed by atoms with Gasteiger partial charge in [-0.3, -0.25) is 9.59 Å². The minimum absolute atomic E-state index is 0.00342. The molecule has 1 rings (SSSR count). The molecule has 1 heterocycles. The first-order chi connectivity index (χ1) is 18.1. The van der Waals surface area contributed by atoms with Crippen molar-refractivity contribution in [2.75, 3.05) is 0 Å². The summed E-state index contributed by atoms with van der Waals surface area (Å²) in [6.45, 7) is 14.4. The summed E-state index contributed by atoms with van der Waals surface area (Å²) in [6, 6.07) is 0. The lowest BCUT2D eigenvalue weighted by molar-refractivity contribution is -0.157. The Balaban J connectivity index is 3.07. The van der Waals surface area contributed by atoms with Crippen molar-refractivity contribution in [3.63, 3.8) is 0 Å². The van der Waals surface area contributed by atoms with Crippen LogP contribution in [0.1, 0.15) is 87.5 Å². The Kier molecular flexibility index (Phi) is 14.6. The Morgan fingerprint density at radius 2 is 1.79 bits per heavy atom. The van der Waals surface area contributed by atoms with Gasteiger partial charge in [-0.05, 0) is 68.9 Å². The molecule has 0 aliphatic carbocycles. The summed E-state index contributed by atoms with van der Waals surface area (Å²) in [7, 11) is 0. The average Bonchev–Trinajstić information content (AvgIpc) is 2.85. The number of cyclic esters (lactones) is 1. The van der Waals surface area contributed by atoms with Crippen molar-refractivity contribution in [2.24, 2.45) is 23.7 Å². The lowest BCUT2D eigenvalue weighted by atomic mass is 9.82. The largest absolute Gasteiger partial charge is 0.457 e. The first-order valence-corrected chi connectivity index (χ1v) is 14.3. The van der Waals surface area contributed by atoms with Gasteiger partial charge in [-0.25, -0.2) is 0 Å². The van der Waals surface area contributed by atoms with Crippen LogP contribution < -0.4 is 0 Å². The third-order valence-corrected chi connectivity index (χ3v) is 7.94. The summed E-state index contributed by atoms with van der Waals surface area (Å²) < 4.78 is 11.1. The van der Waals surface area contributed by atoms with Crippen LogP contribution in [0.15, 0.2) is 36.0 Å². The van der Waals surface area contributed by atoms with Crippen molar-refractivity contribution in [3.05, 3.63) is 36.0 Å². The third-order valence-electron chi connectivity index (χ3n) is 7.94. The molecule has 224 valence electrons. The fourth-order valence-electron chi connectivity index (χ4n) is 4.87. The SMILES string of the molecule is CCC(O)C(C)C(C)C(O)CC(C)/C=C/C=C(\C)C1OC(=O)CC(O)CCC(C)(O)C(OC(C)=O)/C=C/C1C. The number of carbonyl (C=O) groups excluding carboxylic acids is 2. The van der Waals surface area contributed by atoms with E-state index in [0.717, 1.165) is 5.57 Å². The van der Waals surface area contributed by atoms with Crippen LogP contribution in [0.4, 0.5) is 0 Å². The number of aliphatic hydroxyl groups excluding tert-OH is 3. The molecule has 39 heavy (non-hydrogen) atoms. The Morgan fingerprint density at radius 1 is 1.18 bits per heavy atom. The summed E-state index contributed by atoms with van der Waals surface area (Å²) in [5.41, 5.74) is -0.639. The highest BCUT2D eigenvalue weighted by Gasteiger charge is 2.35. The standard InChI is InChI=1S/C31H52O8/c1-9-26(34)22(5)23(6)27(35)17-19(2)11-10-12-20(3)30-21(4)13-14-28(38-24(7)32)31(8,37)16-15-25(33)18-29(36)39-30/h10-14,19,21-23,25-28,30,33-35,37H,9,15-18H2,1-8H3/b11-10+,14-13+,20-12+. The Labute approximate surface area is 234 Å². The van der Waals surface area contributed by atoms with E-state index in [-0.39, 0.29) is 42.9 Å². The van der Waals surface area contributed by atoms with Crippen LogP contribution in [-0.4, -0.2) is 68.5 Å². The number of aliphatic hydroxyl groups is 4. The van der Waals surface area contributed by atoms with Gasteiger partial charge in [-0.1, -0.05) is 58.9 Å². The van der Waals surface area contributed by atoms with Crippen molar-refractivity contribution >= 4 is 11.9 Å². The predicted octanol–water partition coefficient (Wildman–Crippen LogP) is 4.25. The average molecular weight is 553 g/mol. The predicted molar refractivity (Wildman–Crippen MR) is 152 cm³/mol. The highest BCUT2D eigenvalue weighted by atomic mass is 16.6. The van der Waals surface area contributed by atoms with Crippen LogP contribution in [0.3, 0.4) is 0 Å². The first-order valence-electron chi connectivity index (χ1n) is 14.3. The van der Waals surface area contributed by atoms with E-state index in [2.05, 4.69) is 0 Å². The van der Waals surface area contributed by atoms with Gasteiger partial charge in [-0.2, -0.15) is 0 Å². The van der Waals surface area contributed by atoms with E-state index in [9.17, 15) is 30.0 Å². The molecule has 0 aromatic rings. The zero-order valence-corrected chi connectivity index (χ0v) is 25.0. The lowest BCUT2D eigenvalue weighted by Crippen LogP contribution is -2.42. The topological polar surface area (TPSA) is 134 Å². The van der Waals surface area contributed by atoms with Crippen molar-refractivity contribution in [2.45, 2.75) is 124 Å². The number of hydrogen-bond acceptors (Lipinski definition) is 8. The summed E-state index contributed by atoms with van der Waals surface area (Å²) in [5, 5.41) is 42.1. The van der Waals surface area contributed by atoms with E-state index in [1.165, 1.54) is 6.92 Å². The van der Waals surface area contributed by atoms with E-state index in [0.29, 0.717) is 12.8 Å². The number of carbonyl (C=O) groups is 2. The maximum Gasteiger partial charge on any atom is 0.309 e. The maximum atomic E-state index is 12.6. The quantitative estimate of drug-likeness (QED) is 0.180. The highest BCUT2D eigenvalue weighted by molar-refractivity contribution is 5.70. The van der Waals surface area contributed by atoms with Crippen molar-refractivity contribution in [1.29, 1.82) is 0 Å². The fraction of sp³-hybridized carbons (Fsp3) is 0.742. The molecule has 0 aromatic carbocycles. The van der Waals surface area contributed by atoms with Gasteiger partial charge in [0.05, 0.1) is 24.7 Å². The van der Waals surface area contributed by atoms with Gasteiger partial charge < -0.3 is 29.9 Å². The van der Waals surface area contributed by atoms with Gasteiger partial charge in [0.1, 0.15) is 17.8 Å². The molecule has 0 fully saturated rings. The Morgan fingerprint density at radius 3 is 2.38 bits per heavy atom. The number of allylic oxidation sites excluding steroid dienone is 3. The second-order valence-corrected chi connectivity index (χ2v) is 11.7. The molecule has 4 N–H and O–H groups in total. The first kappa shape index (κ1) is 35.0. The molecular formula is C31H52O8. The lowest BCUT2D eigenvalue weighted by Gasteiger charge is -2.32. The van der Waals surface area contributed by atoms with E-state index in [1.54, 1.807) is 19.1 Å². The van der Waals surface area contributed by atoms with Crippen molar-refractivity contribution in [1.82, 2.24) is 0 Å². The monoisotopic (exact) mass is 552 g/mol. The second-order valence-electron chi connectivity index (χ2n) is 11.7. The van der Waals surface area contributed by atoms with Crippen LogP contribution in [0.5, 0.6) is 0 Å². The van der Waals surface area contributed by atoms with E-state index in [4.69, 9.17) is 9.47 Å². The maximum absolute atomic E-state index is 12.6. The smallest absolute Gasteiger partial charge is 0.309 e. The third kappa shape index (κ3) is 12.0. The van der Waals surface area contributed by atoms with Gasteiger partial charge >= 0.3 is 11.9 Å². The van der Waals surface area contributed by atoms with Crippen LogP contribution in [0.25, 0.3) is 0 Å². The Bertz CT molecular complexity index is 861. The van der Waals surface area contributed by atoms with Gasteiger partial charge in [-0.15, -0.1) is 0 Å². The van der Waals surface area contributed by atoms with Crippen LogP contribution >= 0.6 is 0 Å². The molecular weight excluding hydrogens is 500 g/mol. The number of rotatable bonds is 10. The fourth-order valence-corrected chi connectivity index (χ4v) is 4.87. The normalized spacial score (nSPS) is 32.2. The Hall–Kier alpha value is -2.00. The molecule has 0 spiro atoms. The molecule has 0 radical (unpaired) electrons. The summed E-state index contributed by atoms with van der Waals surface area (Å²) in [5.74, 6) is -1.33. The molecule has 0 amide bonds. The molecule has 1 aliphatic heterocycles. The minimum atomic E-state index is -1.42. The summed E-state index contributed by atoms with van der Waals surface area (Å²) in [6.07, 6.45) is 6.85. The minimum Gasteiger partial charge on any atom is -0.457 e. The summed E-state index contributed by atoms with van der Waals surface area (Å²) in [4.78, 5) is 24.3. The molecule has 8 nitrogen and oxygen atoms in total. The molecule has 0 saturated carbocycles. The molecule has 0 aromatic heterocycles. The summed E-state index contributed by atoms with van der Waals surface area (Å²) >= 11 is 0. The van der Waals surface area contributed by atoms with Crippen molar-refractivity contribution < 1.29 is 39.5 Å². The molecule has 10 unspecified atom stereocenters. The molecule has 0 bridgehead atoms. The molecule has 0 saturated heterocycles. The number of ether oxygens (including phenoxy) is 2. The highest BCUT2D eigenvalue weighted by Crippen LogP contribution is 2.28. The van der Waals surface area contributed by atoms with Gasteiger partial charge in [0.2, 0.25) is 0 Å². The van der Waals surface area contributed by atoms with E-state index in [1.807, 2.05) is 59.8 Å². The molecule has 10 atom stereocenters.